The summed E-state index contributed by atoms with van der Waals surface area (Å²) in [6.07, 6.45) is 2.02. The first-order chi connectivity index (χ1) is 9.90. The van der Waals surface area contributed by atoms with Gasteiger partial charge in [0.15, 0.2) is 0 Å². The molecule has 0 spiro atoms. The normalized spacial score (nSPS) is 15.4. The van der Waals surface area contributed by atoms with Crippen molar-refractivity contribution in [3.05, 3.63) is 51.9 Å². The third-order valence-corrected chi connectivity index (χ3v) is 5.33. The lowest BCUT2D eigenvalue weighted by Crippen LogP contribution is -2.33. The van der Waals surface area contributed by atoms with Crippen molar-refractivity contribution in [2.75, 3.05) is 6.54 Å². The first kappa shape index (κ1) is 12.3. The molecule has 0 unspecified atom stereocenters. The van der Waals surface area contributed by atoms with Crippen molar-refractivity contribution in [3.8, 4) is 10.6 Å². The zero-order chi connectivity index (χ0) is 13.4. The average Bonchev–Trinajstić information content (AvgIpc) is 3.19. The van der Waals surface area contributed by atoms with E-state index >= 15 is 0 Å². The van der Waals surface area contributed by atoms with Crippen LogP contribution in [0.5, 0.6) is 0 Å². The predicted molar refractivity (Wildman–Crippen MR) is 84.0 cm³/mol. The summed E-state index contributed by atoms with van der Waals surface area (Å²) in [5.41, 5.74) is 2.68. The van der Waals surface area contributed by atoms with E-state index in [-0.39, 0.29) is 0 Å². The number of thiophene rings is 2. The Kier molecular flexibility index (Phi) is 3.18. The van der Waals surface area contributed by atoms with Gasteiger partial charge in [-0.25, -0.2) is 4.98 Å². The molecule has 1 aliphatic rings. The van der Waals surface area contributed by atoms with Gasteiger partial charge in [-0.3, -0.25) is 4.90 Å². The van der Waals surface area contributed by atoms with E-state index in [1.807, 2.05) is 6.20 Å². The third kappa shape index (κ3) is 2.22. The van der Waals surface area contributed by atoms with E-state index < -0.39 is 0 Å². The van der Waals surface area contributed by atoms with Crippen molar-refractivity contribution in [2.24, 2.45) is 0 Å². The first-order valence-corrected chi connectivity index (χ1v) is 8.54. The molecule has 0 atom stereocenters. The van der Waals surface area contributed by atoms with Crippen molar-refractivity contribution in [3.63, 3.8) is 0 Å². The Bertz CT molecular complexity index is 683. The van der Waals surface area contributed by atoms with E-state index in [4.69, 9.17) is 0 Å². The molecule has 3 aromatic heterocycles. The Morgan fingerprint density at radius 1 is 1.20 bits per heavy atom. The van der Waals surface area contributed by atoms with Gasteiger partial charge in [0.2, 0.25) is 0 Å². The van der Waals surface area contributed by atoms with Gasteiger partial charge in [0.05, 0.1) is 23.3 Å². The lowest BCUT2D eigenvalue weighted by molar-refractivity contribution is 0.210. The van der Waals surface area contributed by atoms with Gasteiger partial charge in [-0.2, -0.15) is 11.3 Å². The molecule has 0 bridgehead atoms. The summed E-state index contributed by atoms with van der Waals surface area (Å²) in [6, 6.07) is 6.49. The van der Waals surface area contributed by atoms with E-state index in [2.05, 4.69) is 48.8 Å². The number of nitrogens with zero attached hydrogens (tertiary/aromatic N) is 3. The second-order valence-corrected chi connectivity index (χ2v) is 6.76. The minimum absolute atomic E-state index is 0.946. The van der Waals surface area contributed by atoms with E-state index in [9.17, 15) is 0 Å². The van der Waals surface area contributed by atoms with E-state index in [0.717, 1.165) is 26.2 Å². The van der Waals surface area contributed by atoms with Crippen LogP contribution in [0.3, 0.4) is 0 Å². The maximum Gasteiger partial charge on any atom is 0.123 e. The van der Waals surface area contributed by atoms with Crippen LogP contribution >= 0.6 is 22.7 Å². The van der Waals surface area contributed by atoms with Crippen LogP contribution in [-0.2, 0) is 19.6 Å². The van der Waals surface area contributed by atoms with Crippen molar-refractivity contribution < 1.29 is 0 Å². The zero-order valence-electron chi connectivity index (χ0n) is 11.0. The van der Waals surface area contributed by atoms with Crippen LogP contribution in [0.15, 0.2) is 40.5 Å². The molecule has 3 nitrogen and oxygen atoms in total. The predicted octanol–water partition coefficient (Wildman–Crippen LogP) is 3.69. The highest BCUT2D eigenvalue weighted by molar-refractivity contribution is 7.13. The molecule has 4 heterocycles. The number of imidazole rings is 1. The van der Waals surface area contributed by atoms with Crippen LogP contribution in [0.1, 0.15) is 11.4 Å². The van der Waals surface area contributed by atoms with Crippen molar-refractivity contribution in [1.29, 1.82) is 0 Å². The summed E-state index contributed by atoms with van der Waals surface area (Å²) in [4.78, 5) is 8.41. The zero-order valence-corrected chi connectivity index (χ0v) is 12.7. The van der Waals surface area contributed by atoms with Crippen LogP contribution in [-0.4, -0.2) is 21.0 Å². The van der Waals surface area contributed by atoms with Gasteiger partial charge in [-0.05, 0) is 33.8 Å². The Hall–Kier alpha value is -1.43. The van der Waals surface area contributed by atoms with Crippen LogP contribution in [0, 0.1) is 0 Å². The Morgan fingerprint density at radius 3 is 3.00 bits per heavy atom. The molecule has 3 aromatic rings. The molecule has 20 heavy (non-hydrogen) atoms. The second-order valence-electron chi connectivity index (χ2n) is 5.03. The van der Waals surface area contributed by atoms with E-state index in [1.54, 1.807) is 22.7 Å². The number of fused-ring (bicyclic) bond motifs is 1. The smallest absolute Gasteiger partial charge is 0.123 e. The number of rotatable bonds is 3. The number of aromatic nitrogens is 2. The highest BCUT2D eigenvalue weighted by Gasteiger charge is 2.20. The highest BCUT2D eigenvalue weighted by atomic mass is 32.1. The lowest BCUT2D eigenvalue weighted by atomic mass is 10.2. The molecule has 0 aromatic carbocycles. The van der Waals surface area contributed by atoms with Crippen molar-refractivity contribution in [2.45, 2.75) is 19.6 Å². The SMILES string of the molecule is c1csc(-c2cnc3n2CCN(Cc2ccsc2)C3)c1. The average molecular weight is 301 g/mol. The maximum atomic E-state index is 4.62. The van der Waals surface area contributed by atoms with Crippen LogP contribution in [0.25, 0.3) is 10.6 Å². The van der Waals surface area contributed by atoms with Crippen LogP contribution < -0.4 is 0 Å². The topological polar surface area (TPSA) is 21.1 Å². The Morgan fingerprint density at radius 2 is 2.20 bits per heavy atom. The maximum absolute atomic E-state index is 4.62. The van der Waals surface area contributed by atoms with Crippen LogP contribution in [0.4, 0.5) is 0 Å². The molecule has 0 aliphatic carbocycles. The summed E-state index contributed by atoms with van der Waals surface area (Å²) in [7, 11) is 0. The fourth-order valence-electron chi connectivity index (χ4n) is 2.71. The molecule has 0 saturated heterocycles. The summed E-state index contributed by atoms with van der Waals surface area (Å²) >= 11 is 3.56. The fourth-order valence-corrected chi connectivity index (χ4v) is 4.11. The van der Waals surface area contributed by atoms with E-state index in [0.29, 0.717) is 0 Å². The molecule has 0 fully saturated rings. The van der Waals surface area contributed by atoms with Gasteiger partial charge < -0.3 is 4.57 Å². The quantitative estimate of drug-likeness (QED) is 0.735. The summed E-state index contributed by atoms with van der Waals surface area (Å²) in [6.45, 7) is 4.11. The third-order valence-electron chi connectivity index (χ3n) is 3.70. The number of hydrogen-bond acceptors (Lipinski definition) is 4. The summed E-state index contributed by atoms with van der Waals surface area (Å²) < 4.78 is 2.37. The van der Waals surface area contributed by atoms with Gasteiger partial charge in [0, 0.05) is 19.6 Å². The summed E-state index contributed by atoms with van der Waals surface area (Å²) in [5, 5.41) is 6.51. The first-order valence-electron chi connectivity index (χ1n) is 6.72. The van der Waals surface area contributed by atoms with Gasteiger partial charge in [0.25, 0.3) is 0 Å². The molecule has 4 rings (SSSR count). The molecule has 1 aliphatic heterocycles. The van der Waals surface area contributed by atoms with Gasteiger partial charge >= 0.3 is 0 Å². The minimum Gasteiger partial charge on any atom is -0.325 e. The Balaban J connectivity index is 1.56. The monoisotopic (exact) mass is 301 g/mol. The molecule has 0 saturated carbocycles. The van der Waals surface area contributed by atoms with Crippen molar-refractivity contribution in [1.82, 2.24) is 14.5 Å². The largest absolute Gasteiger partial charge is 0.325 e. The molecule has 0 N–H and O–H groups in total. The molecule has 0 amide bonds. The lowest BCUT2D eigenvalue weighted by Gasteiger charge is -2.28. The highest BCUT2D eigenvalue weighted by Crippen LogP contribution is 2.28. The second kappa shape index (κ2) is 5.16. The minimum atomic E-state index is 0.946. The van der Waals surface area contributed by atoms with Crippen molar-refractivity contribution >= 4 is 22.7 Å². The standard InChI is InChI=1S/C15H15N3S2/c1-2-14(20-6-1)13-8-16-15-10-17(4-5-18(13)15)9-12-3-7-19-11-12/h1-3,6-8,11H,4-5,9-10H2. The molecule has 5 heteroatoms. The van der Waals surface area contributed by atoms with Crippen LogP contribution in [0.2, 0.25) is 0 Å². The molecule has 0 radical (unpaired) electrons. The molecular weight excluding hydrogens is 286 g/mol. The fraction of sp³-hybridized carbons (Fsp3) is 0.267. The van der Waals surface area contributed by atoms with Gasteiger partial charge in [-0.1, -0.05) is 6.07 Å². The molecular formula is C15H15N3S2. The molecule has 102 valence electrons. The Labute approximate surface area is 126 Å². The van der Waals surface area contributed by atoms with E-state index in [1.165, 1.54) is 22.0 Å². The van der Waals surface area contributed by atoms with Gasteiger partial charge in [-0.15, -0.1) is 11.3 Å². The van der Waals surface area contributed by atoms with Gasteiger partial charge in [0.1, 0.15) is 5.82 Å². The summed E-state index contributed by atoms with van der Waals surface area (Å²) in [5.74, 6) is 1.19. The number of hydrogen-bond donors (Lipinski definition) is 0.